The van der Waals surface area contributed by atoms with Crippen molar-refractivity contribution in [3.8, 4) is 12.1 Å². The van der Waals surface area contributed by atoms with E-state index in [1.807, 2.05) is 18.2 Å². The van der Waals surface area contributed by atoms with Crippen LogP contribution in [0.5, 0.6) is 0 Å². The Morgan fingerprint density at radius 3 is 2.38 bits per heavy atom. The summed E-state index contributed by atoms with van der Waals surface area (Å²) in [5.74, 6) is 1.08. The highest BCUT2D eigenvalue weighted by Gasteiger charge is 2.19. The molecule has 0 aliphatic heterocycles. The van der Waals surface area contributed by atoms with Crippen molar-refractivity contribution in [1.82, 2.24) is 0 Å². The number of allylic oxidation sites excluding steroid dienone is 2. The monoisotopic (exact) mass is 174 g/mol. The van der Waals surface area contributed by atoms with E-state index in [0.717, 1.165) is 6.42 Å². The van der Waals surface area contributed by atoms with E-state index in [1.54, 1.807) is 0 Å². The van der Waals surface area contributed by atoms with Crippen molar-refractivity contribution in [1.29, 1.82) is 10.5 Å². The zero-order chi connectivity index (χ0) is 9.68. The fourth-order valence-electron chi connectivity index (χ4n) is 1.91. The van der Waals surface area contributed by atoms with Crippen molar-refractivity contribution in [3.63, 3.8) is 0 Å². The lowest BCUT2D eigenvalue weighted by Crippen LogP contribution is -2.14. The predicted molar refractivity (Wildman–Crippen MR) is 50.4 cm³/mol. The van der Waals surface area contributed by atoms with Gasteiger partial charge in [-0.25, -0.2) is 0 Å². The number of hydrogen-bond donors (Lipinski definition) is 0. The Kier molecular flexibility index (Phi) is 3.53. The second kappa shape index (κ2) is 4.67. The lowest BCUT2D eigenvalue weighted by molar-refractivity contribution is 0.306. The molecule has 0 radical (unpaired) electrons. The Morgan fingerprint density at radius 2 is 1.85 bits per heavy atom. The van der Waals surface area contributed by atoms with Gasteiger partial charge in [-0.2, -0.15) is 10.5 Å². The Hall–Kier alpha value is -1.28. The fourth-order valence-corrected chi connectivity index (χ4v) is 1.91. The first-order chi connectivity index (χ1) is 6.27. The maximum Gasteiger partial charge on any atom is 0.125 e. The van der Waals surface area contributed by atoms with Gasteiger partial charge in [0.25, 0.3) is 0 Å². The van der Waals surface area contributed by atoms with E-state index in [1.165, 1.54) is 19.3 Å². The summed E-state index contributed by atoms with van der Waals surface area (Å²) < 4.78 is 0. The van der Waals surface area contributed by atoms with E-state index in [2.05, 4.69) is 6.92 Å². The van der Waals surface area contributed by atoms with E-state index in [-0.39, 0.29) is 5.57 Å². The van der Waals surface area contributed by atoms with Gasteiger partial charge in [-0.1, -0.05) is 32.3 Å². The summed E-state index contributed by atoms with van der Waals surface area (Å²) in [7, 11) is 0. The molecule has 0 spiro atoms. The molecule has 2 atom stereocenters. The summed E-state index contributed by atoms with van der Waals surface area (Å²) in [6, 6.07) is 3.84. The molecular weight excluding hydrogens is 160 g/mol. The van der Waals surface area contributed by atoms with Crippen LogP contribution in [0.25, 0.3) is 0 Å². The van der Waals surface area contributed by atoms with Gasteiger partial charge in [0.1, 0.15) is 17.7 Å². The molecule has 0 aromatic rings. The van der Waals surface area contributed by atoms with Crippen molar-refractivity contribution in [2.45, 2.75) is 32.6 Å². The first kappa shape index (κ1) is 9.81. The minimum absolute atomic E-state index is 0.277. The van der Waals surface area contributed by atoms with Gasteiger partial charge in [-0.05, 0) is 18.3 Å². The van der Waals surface area contributed by atoms with Crippen LogP contribution in [0.3, 0.4) is 0 Å². The minimum atomic E-state index is 0.277. The summed E-state index contributed by atoms with van der Waals surface area (Å²) in [4.78, 5) is 0. The number of rotatable bonds is 1. The molecule has 2 nitrogen and oxygen atoms in total. The first-order valence-corrected chi connectivity index (χ1v) is 4.80. The van der Waals surface area contributed by atoms with Crippen molar-refractivity contribution in [3.05, 3.63) is 11.6 Å². The predicted octanol–water partition coefficient (Wildman–Crippen LogP) is 2.79. The van der Waals surface area contributed by atoms with Gasteiger partial charge in [0, 0.05) is 0 Å². The third-order valence-corrected chi connectivity index (χ3v) is 2.80. The van der Waals surface area contributed by atoms with Crippen LogP contribution in [0.15, 0.2) is 11.6 Å². The smallest absolute Gasteiger partial charge is 0.125 e. The van der Waals surface area contributed by atoms with Crippen molar-refractivity contribution < 1.29 is 0 Å². The molecule has 1 saturated carbocycles. The standard InChI is InChI=1S/C11H14N2/c1-9-4-2-3-5-11(9)6-10(7-12)8-13/h6,9,11H,2-5H2,1H3/t9-,11-/m0/s1. The van der Waals surface area contributed by atoms with Gasteiger partial charge in [0.05, 0.1) is 0 Å². The first-order valence-electron chi connectivity index (χ1n) is 4.80. The highest BCUT2D eigenvalue weighted by Crippen LogP contribution is 2.30. The summed E-state index contributed by atoms with van der Waals surface area (Å²) >= 11 is 0. The van der Waals surface area contributed by atoms with Crippen LogP contribution in [0.2, 0.25) is 0 Å². The number of nitriles is 2. The molecule has 0 amide bonds. The fraction of sp³-hybridized carbons (Fsp3) is 0.636. The average Bonchev–Trinajstić information content (AvgIpc) is 2.17. The molecule has 2 heteroatoms. The van der Waals surface area contributed by atoms with Crippen LogP contribution in [0.1, 0.15) is 32.6 Å². The number of hydrogen-bond acceptors (Lipinski definition) is 2. The van der Waals surface area contributed by atoms with Crippen molar-refractivity contribution in [2.75, 3.05) is 0 Å². The Balaban J connectivity index is 2.67. The quantitative estimate of drug-likeness (QED) is 0.574. The zero-order valence-electron chi connectivity index (χ0n) is 7.95. The second-order valence-corrected chi connectivity index (χ2v) is 3.73. The molecule has 0 N–H and O–H groups in total. The molecule has 0 heterocycles. The largest absolute Gasteiger partial charge is 0.192 e. The molecule has 0 aromatic carbocycles. The molecule has 13 heavy (non-hydrogen) atoms. The van der Waals surface area contributed by atoms with Gasteiger partial charge in [0.15, 0.2) is 0 Å². The molecule has 0 aromatic heterocycles. The molecule has 0 unspecified atom stereocenters. The lowest BCUT2D eigenvalue weighted by atomic mass is 9.80. The average molecular weight is 174 g/mol. The second-order valence-electron chi connectivity index (χ2n) is 3.73. The molecule has 1 fully saturated rings. The van der Waals surface area contributed by atoms with Gasteiger partial charge in [-0.3, -0.25) is 0 Å². The Morgan fingerprint density at radius 1 is 1.23 bits per heavy atom. The summed E-state index contributed by atoms with van der Waals surface area (Å²) in [6.07, 6.45) is 6.73. The highest BCUT2D eigenvalue weighted by atomic mass is 14.3. The van der Waals surface area contributed by atoms with Gasteiger partial charge < -0.3 is 0 Å². The van der Waals surface area contributed by atoms with Crippen LogP contribution in [0, 0.1) is 34.5 Å². The van der Waals surface area contributed by atoms with Crippen LogP contribution < -0.4 is 0 Å². The molecule has 1 aliphatic rings. The summed E-state index contributed by atoms with van der Waals surface area (Å²) in [6.45, 7) is 2.20. The SMILES string of the molecule is C[C@H]1CCCC[C@H]1C=C(C#N)C#N. The highest BCUT2D eigenvalue weighted by molar-refractivity contribution is 5.35. The van der Waals surface area contributed by atoms with E-state index in [9.17, 15) is 0 Å². The van der Waals surface area contributed by atoms with E-state index in [4.69, 9.17) is 10.5 Å². The Labute approximate surface area is 79.5 Å². The zero-order valence-corrected chi connectivity index (χ0v) is 7.95. The molecule has 1 aliphatic carbocycles. The van der Waals surface area contributed by atoms with E-state index in [0.29, 0.717) is 11.8 Å². The van der Waals surface area contributed by atoms with Crippen LogP contribution in [-0.4, -0.2) is 0 Å². The lowest BCUT2D eigenvalue weighted by Gasteiger charge is -2.25. The van der Waals surface area contributed by atoms with Crippen molar-refractivity contribution >= 4 is 0 Å². The number of nitrogens with zero attached hydrogens (tertiary/aromatic N) is 2. The molecule has 0 bridgehead atoms. The third kappa shape index (κ3) is 2.60. The van der Waals surface area contributed by atoms with E-state index >= 15 is 0 Å². The van der Waals surface area contributed by atoms with Crippen molar-refractivity contribution in [2.24, 2.45) is 11.8 Å². The van der Waals surface area contributed by atoms with E-state index < -0.39 is 0 Å². The minimum Gasteiger partial charge on any atom is -0.192 e. The normalized spacial score (nSPS) is 27.0. The van der Waals surface area contributed by atoms with Crippen LogP contribution >= 0.6 is 0 Å². The van der Waals surface area contributed by atoms with Gasteiger partial charge >= 0.3 is 0 Å². The summed E-state index contributed by atoms with van der Waals surface area (Å²) in [5.41, 5.74) is 0.277. The molecule has 68 valence electrons. The maximum absolute atomic E-state index is 8.60. The van der Waals surface area contributed by atoms with Crippen LogP contribution in [0.4, 0.5) is 0 Å². The molecule has 1 rings (SSSR count). The van der Waals surface area contributed by atoms with Gasteiger partial charge in [0.2, 0.25) is 0 Å². The third-order valence-electron chi connectivity index (χ3n) is 2.80. The summed E-state index contributed by atoms with van der Waals surface area (Å²) in [5, 5.41) is 17.2. The topological polar surface area (TPSA) is 47.6 Å². The molecular formula is C11H14N2. The maximum atomic E-state index is 8.60. The van der Waals surface area contributed by atoms with Crippen LogP contribution in [-0.2, 0) is 0 Å². The Bertz CT molecular complexity index is 261. The van der Waals surface area contributed by atoms with Gasteiger partial charge in [-0.15, -0.1) is 0 Å². The molecule has 0 saturated heterocycles.